The number of hydrogen-bond donors (Lipinski definition) is 1. The van der Waals surface area contributed by atoms with Crippen LogP contribution in [0.25, 0.3) is 17.0 Å². The zero-order valence-corrected chi connectivity index (χ0v) is 15.4. The minimum absolute atomic E-state index is 0.210. The number of fused-ring (bicyclic) bond motifs is 1. The number of pyridine rings is 1. The van der Waals surface area contributed by atoms with Crippen LogP contribution in [-0.4, -0.2) is 33.4 Å². The van der Waals surface area contributed by atoms with Gasteiger partial charge in [0.1, 0.15) is 11.3 Å². The number of carbonyl (C=O) groups is 1. The summed E-state index contributed by atoms with van der Waals surface area (Å²) in [5.74, 6) is 0.477. The van der Waals surface area contributed by atoms with E-state index in [4.69, 9.17) is 4.42 Å². The number of nitrogens with one attached hydrogen (secondary N) is 1. The maximum atomic E-state index is 12.8. The Bertz CT molecular complexity index is 1170. The minimum atomic E-state index is -0.210. The number of rotatable bonds is 4. The molecule has 0 spiro atoms. The number of anilines is 2. The van der Waals surface area contributed by atoms with Gasteiger partial charge in [0.15, 0.2) is 5.76 Å². The lowest BCUT2D eigenvalue weighted by atomic mass is 10.1. The highest BCUT2D eigenvalue weighted by molar-refractivity contribution is 6.04. The van der Waals surface area contributed by atoms with Crippen LogP contribution in [0.5, 0.6) is 0 Å². The monoisotopic (exact) mass is 373 g/mol. The predicted molar refractivity (Wildman–Crippen MR) is 107 cm³/mol. The second-order valence-electron chi connectivity index (χ2n) is 6.90. The van der Waals surface area contributed by atoms with E-state index in [0.29, 0.717) is 17.5 Å². The van der Waals surface area contributed by atoms with E-state index in [1.165, 1.54) is 6.42 Å². The Morgan fingerprint density at radius 1 is 1.14 bits per heavy atom. The third kappa shape index (κ3) is 2.81. The van der Waals surface area contributed by atoms with Crippen molar-refractivity contribution in [1.29, 1.82) is 0 Å². The molecule has 0 bridgehead atoms. The van der Waals surface area contributed by atoms with E-state index in [-0.39, 0.29) is 5.91 Å². The van der Waals surface area contributed by atoms with E-state index in [1.807, 2.05) is 49.5 Å². The fraction of sp³-hybridized carbons (Fsp3) is 0.190. The highest BCUT2D eigenvalue weighted by Crippen LogP contribution is 2.30. The number of nitrogens with zero attached hydrogens (tertiary/aromatic N) is 4. The lowest BCUT2D eigenvalue weighted by Crippen LogP contribution is -2.37. The van der Waals surface area contributed by atoms with E-state index < -0.39 is 0 Å². The van der Waals surface area contributed by atoms with Crippen LogP contribution < -0.4 is 10.2 Å². The van der Waals surface area contributed by atoms with Gasteiger partial charge >= 0.3 is 0 Å². The van der Waals surface area contributed by atoms with E-state index in [0.717, 1.165) is 35.6 Å². The first-order valence-corrected chi connectivity index (χ1v) is 9.24. The molecule has 1 fully saturated rings. The standard InChI is InChI=1S/C21H19N5O2/c1-14-6-7-15(18-13-23-21(28-18)25-8-4-9-25)11-16(14)24-20(27)17-12-22-19-5-2-3-10-26(17)19/h2-3,5-7,10-13H,4,8-9H2,1H3,(H,24,27). The normalized spacial score (nSPS) is 13.5. The summed E-state index contributed by atoms with van der Waals surface area (Å²) in [5.41, 5.74) is 3.79. The third-order valence-corrected chi connectivity index (χ3v) is 5.04. The maximum Gasteiger partial charge on any atom is 0.297 e. The van der Waals surface area contributed by atoms with Crippen LogP contribution in [0.3, 0.4) is 0 Å². The van der Waals surface area contributed by atoms with Crippen molar-refractivity contribution < 1.29 is 9.21 Å². The second-order valence-corrected chi connectivity index (χ2v) is 6.90. The van der Waals surface area contributed by atoms with Gasteiger partial charge in [0.05, 0.1) is 12.4 Å². The average molecular weight is 373 g/mol. The molecule has 0 saturated carbocycles. The van der Waals surface area contributed by atoms with Crippen molar-refractivity contribution in [1.82, 2.24) is 14.4 Å². The van der Waals surface area contributed by atoms with Crippen LogP contribution in [0.15, 0.2) is 59.4 Å². The molecule has 7 nitrogen and oxygen atoms in total. The summed E-state index contributed by atoms with van der Waals surface area (Å²) < 4.78 is 7.66. The number of oxazole rings is 1. The quantitative estimate of drug-likeness (QED) is 0.589. The van der Waals surface area contributed by atoms with Crippen LogP contribution in [0.1, 0.15) is 22.5 Å². The molecular weight excluding hydrogens is 354 g/mol. The first-order valence-electron chi connectivity index (χ1n) is 9.24. The molecule has 1 saturated heterocycles. The molecule has 0 radical (unpaired) electrons. The van der Waals surface area contributed by atoms with E-state index in [1.54, 1.807) is 16.8 Å². The fourth-order valence-corrected chi connectivity index (χ4v) is 3.25. The number of hydrogen-bond acceptors (Lipinski definition) is 5. The number of aryl methyl sites for hydroxylation is 1. The van der Waals surface area contributed by atoms with Gasteiger partial charge in [0.25, 0.3) is 11.9 Å². The lowest BCUT2D eigenvalue weighted by Gasteiger charge is -2.28. The van der Waals surface area contributed by atoms with Crippen molar-refractivity contribution in [3.8, 4) is 11.3 Å². The number of aromatic nitrogens is 3. The molecule has 1 aromatic carbocycles. The van der Waals surface area contributed by atoms with Crippen molar-refractivity contribution in [2.75, 3.05) is 23.3 Å². The van der Waals surface area contributed by atoms with Crippen LogP contribution in [0, 0.1) is 6.92 Å². The molecule has 5 rings (SSSR count). The zero-order valence-electron chi connectivity index (χ0n) is 15.4. The first-order chi connectivity index (χ1) is 13.7. The molecule has 3 aromatic heterocycles. The highest BCUT2D eigenvalue weighted by atomic mass is 16.4. The van der Waals surface area contributed by atoms with Crippen molar-refractivity contribution in [2.45, 2.75) is 13.3 Å². The Hall–Kier alpha value is -3.61. The zero-order chi connectivity index (χ0) is 19.1. The molecule has 1 aliphatic heterocycles. The molecule has 0 atom stereocenters. The van der Waals surface area contributed by atoms with E-state index in [9.17, 15) is 4.79 Å². The van der Waals surface area contributed by atoms with Crippen molar-refractivity contribution >= 4 is 23.3 Å². The molecule has 0 aliphatic carbocycles. The Morgan fingerprint density at radius 3 is 2.86 bits per heavy atom. The van der Waals surface area contributed by atoms with Crippen molar-refractivity contribution in [2.24, 2.45) is 0 Å². The summed E-state index contributed by atoms with van der Waals surface area (Å²) in [4.78, 5) is 23.6. The summed E-state index contributed by atoms with van der Waals surface area (Å²) in [7, 11) is 0. The second kappa shape index (κ2) is 6.53. The van der Waals surface area contributed by atoms with Gasteiger partial charge in [-0.25, -0.2) is 9.97 Å². The fourth-order valence-electron chi connectivity index (χ4n) is 3.25. The topological polar surface area (TPSA) is 75.7 Å². The summed E-state index contributed by atoms with van der Waals surface area (Å²) in [6.45, 7) is 3.92. The van der Waals surface area contributed by atoms with Crippen LogP contribution in [0.2, 0.25) is 0 Å². The summed E-state index contributed by atoms with van der Waals surface area (Å²) in [5, 5.41) is 2.99. The van der Waals surface area contributed by atoms with Gasteiger partial charge < -0.3 is 14.6 Å². The number of amides is 1. The predicted octanol–water partition coefficient (Wildman–Crippen LogP) is 3.76. The minimum Gasteiger partial charge on any atom is -0.423 e. The molecule has 1 N–H and O–H groups in total. The van der Waals surface area contributed by atoms with Crippen LogP contribution >= 0.6 is 0 Å². The van der Waals surface area contributed by atoms with Gasteiger partial charge in [-0.1, -0.05) is 18.2 Å². The SMILES string of the molecule is Cc1ccc(-c2cnc(N3CCC3)o2)cc1NC(=O)c1cnc2ccccn12. The van der Waals surface area contributed by atoms with Gasteiger partial charge in [-0.05, 0) is 37.1 Å². The molecule has 4 aromatic rings. The number of carbonyl (C=O) groups excluding carboxylic acids is 1. The van der Waals surface area contributed by atoms with Gasteiger partial charge in [-0.3, -0.25) is 9.20 Å². The van der Waals surface area contributed by atoms with Gasteiger partial charge in [0, 0.05) is 30.5 Å². The van der Waals surface area contributed by atoms with Crippen molar-refractivity contribution in [3.05, 3.63) is 66.2 Å². The molecule has 0 unspecified atom stereocenters. The lowest BCUT2D eigenvalue weighted by molar-refractivity contribution is 0.102. The van der Waals surface area contributed by atoms with E-state index in [2.05, 4.69) is 20.2 Å². The van der Waals surface area contributed by atoms with E-state index >= 15 is 0 Å². The van der Waals surface area contributed by atoms with Gasteiger partial charge in [-0.2, -0.15) is 0 Å². The molecule has 1 amide bonds. The maximum absolute atomic E-state index is 12.8. The Labute approximate surface area is 161 Å². The van der Waals surface area contributed by atoms with Crippen molar-refractivity contribution in [3.63, 3.8) is 0 Å². The molecular formula is C21H19N5O2. The molecule has 7 heteroatoms. The summed E-state index contributed by atoms with van der Waals surface area (Å²) >= 11 is 0. The first kappa shape index (κ1) is 16.6. The molecule has 28 heavy (non-hydrogen) atoms. The number of imidazole rings is 1. The summed E-state index contributed by atoms with van der Waals surface area (Å²) in [6, 6.07) is 12.1. The molecule has 140 valence electrons. The summed E-state index contributed by atoms with van der Waals surface area (Å²) in [6.07, 6.45) is 6.31. The number of benzene rings is 1. The third-order valence-electron chi connectivity index (χ3n) is 5.04. The molecule has 4 heterocycles. The Morgan fingerprint density at radius 2 is 2.04 bits per heavy atom. The largest absolute Gasteiger partial charge is 0.423 e. The highest BCUT2D eigenvalue weighted by Gasteiger charge is 2.20. The molecule has 1 aliphatic rings. The van der Waals surface area contributed by atoms with Gasteiger partial charge in [0.2, 0.25) is 0 Å². The Kier molecular flexibility index (Phi) is 3.86. The van der Waals surface area contributed by atoms with Crippen LogP contribution in [0.4, 0.5) is 11.7 Å². The Balaban J connectivity index is 1.43. The average Bonchev–Trinajstić information content (AvgIpc) is 3.29. The van der Waals surface area contributed by atoms with Crippen LogP contribution in [-0.2, 0) is 0 Å². The van der Waals surface area contributed by atoms with Gasteiger partial charge in [-0.15, -0.1) is 0 Å². The smallest absolute Gasteiger partial charge is 0.297 e.